The number of H-pyrrole nitrogens is 1. The molecule has 0 spiro atoms. The molecule has 11 heteroatoms. The van der Waals surface area contributed by atoms with Gasteiger partial charge in [0.1, 0.15) is 5.69 Å². The van der Waals surface area contributed by atoms with Gasteiger partial charge in [0.05, 0.1) is 16.2 Å². The number of thiophene rings is 1. The molecule has 4 aromatic rings. The number of nitrogens with zero attached hydrogens (tertiary/aromatic N) is 3. The van der Waals surface area contributed by atoms with E-state index in [0.29, 0.717) is 0 Å². The second-order valence-electron chi connectivity index (χ2n) is 5.78. The number of benzene rings is 1. The highest BCUT2D eigenvalue weighted by atomic mass is 32.1. The minimum absolute atomic E-state index is 0.0410. The molecule has 0 saturated carbocycles. The van der Waals surface area contributed by atoms with Gasteiger partial charge in [-0.15, -0.1) is 11.3 Å². The highest BCUT2D eigenvalue weighted by molar-refractivity contribution is 7.13. The molecule has 0 bridgehead atoms. The SMILES string of the molecule is O=c1cc(-c2cccc([N+](=O)[O-])c2)nc2c(-c3cccs3)c(C(F)(F)F)[nH]n12. The molecule has 1 N–H and O–H groups in total. The number of rotatable bonds is 3. The van der Waals surface area contributed by atoms with Gasteiger partial charge in [0.25, 0.3) is 11.2 Å². The number of non-ortho nitro benzene ring substituents is 1. The van der Waals surface area contributed by atoms with Crippen molar-refractivity contribution in [1.29, 1.82) is 0 Å². The van der Waals surface area contributed by atoms with E-state index in [1.807, 2.05) is 0 Å². The molecule has 142 valence electrons. The molecular weight excluding hydrogens is 397 g/mol. The molecule has 0 aliphatic carbocycles. The zero-order valence-corrected chi connectivity index (χ0v) is 14.5. The summed E-state index contributed by atoms with van der Waals surface area (Å²) in [5, 5.41) is 14.7. The molecule has 3 heterocycles. The van der Waals surface area contributed by atoms with Crippen LogP contribution < -0.4 is 5.56 Å². The number of halogens is 3. The van der Waals surface area contributed by atoms with Crippen molar-refractivity contribution in [3.05, 3.63) is 74.0 Å². The van der Waals surface area contributed by atoms with Crippen LogP contribution in [-0.2, 0) is 6.18 Å². The summed E-state index contributed by atoms with van der Waals surface area (Å²) in [5.41, 5.74) is -2.23. The lowest BCUT2D eigenvalue weighted by Gasteiger charge is -2.05. The van der Waals surface area contributed by atoms with Gasteiger partial charge in [-0.2, -0.15) is 13.2 Å². The highest BCUT2D eigenvalue weighted by Crippen LogP contribution is 2.40. The molecule has 28 heavy (non-hydrogen) atoms. The zero-order chi connectivity index (χ0) is 20.1. The zero-order valence-electron chi connectivity index (χ0n) is 13.7. The van der Waals surface area contributed by atoms with Crippen molar-refractivity contribution in [2.75, 3.05) is 0 Å². The Balaban J connectivity index is 2.03. The number of aromatic amines is 1. The maximum absolute atomic E-state index is 13.5. The maximum Gasteiger partial charge on any atom is 0.433 e. The first-order valence-electron chi connectivity index (χ1n) is 7.77. The van der Waals surface area contributed by atoms with Gasteiger partial charge in [0.15, 0.2) is 5.65 Å². The normalized spacial score (nSPS) is 11.8. The summed E-state index contributed by atoms with van der Waals surface area (Å²) < 4.78 is 41.3. The highest BCUT2D eigenvalue weighted by Gasteiger charge is 2.38. The molecule has 4 rings (SSSR count). The fourth-order valence-corrected chi connectivity index (χ4v) is 3.60. The van der Waals surface area contributed by atoms with Crippen molar-refractivity contribution in [2.45, 2.75) is 6.18 Å². The van der Waals surface area contributed by atoms with E-state index in [-0.39, 0.29) is 33.0 Å². The lowest BCUT2D eigenvalue weighted by molar-refractivity contribution is -0.384. The van der Waals surface area contributed by atoms with Gasteiger partial charge < -0.3 is 0 Å². The molecule has 7 nitrogen and oxygen atoms in total. The van der Waals surface area contributed by atoms with Crippen LogP contribution in [0.15, 0.2) is 52.6 Å². The molecule has 0 unspecified atom stereocenters. The predicted octanol–water partition coefficient (Wildman–Crippen LogP) is 4.35. The second kappa shape index (κ2) is 6.30. The van der Waals surface area contributed by atoms with E-state index in [9.17, 15) is 28.1 Å². The van der Waals surface area contributed by atoms with Crippen LogP contribution in [0.2, 0.25) is 0 Å². The molecule has 0 radical (unpaired) electrons. The summed E-state index contributed by atoms with van der Waals surface area (Å²) in [6, 6.07) is 9.50. The van der Waals surface area contributed by atoms with Gasteiger partial charge >= 0.3 is 6.18 Å². The predicted molar refractivity (Wildman–Crippen MR) is 96.2 cm³/mol. The topological polar surface area (TPSA) is 93.3 Å². The second-order valence-corrected chi connectivity index (χ2v) is 6.73. The fraction of sp³-hybridized carbons (Fsp3) is 0.0588. The fourth-order valence-electron chi connectivity index (χ4n) is 2.82. The van der Waals surface area contributed by atoms with Crippen molar-refractivity contribution in [1.82, 2.24) is 14.6 Å². The number of alkyl halides is 3. The first kappa shape index (κ1) is 17.9. The quantitative estimate of drug-likeness (QED) is 0.404. The third-order valence-corrected chi connectivity index (χ3v) is 4.91. The van der Waals surface area contributed by atoms with Crippen molar-refractivity contribution < 1.29 is 18.1 Å². The van der Waals surface area contributed by atoms with E-state index in [1.54, 1.807) is 11.4 Å². The molecular formula is C17H9F3N4O3S. The van der Waals surface area contributed by atoms with E-state index in [1.165, 1.54) is 30.3 Å². The molecule has 0 amide bonds. The van der Waals surface area contributed by atoms with Gasteiger partial charge in [0, 0.05) is 28.6 Å². The Morgan fingerprint density at radius 3 is 2.61 bits per heavy atom. The number of nitro groups is 1. The van der Waals surface area contributed by atoms with Crippen molar-refractivity contribution >= 4 is 22.7 Å². The van der Waals surface area contributed by atoms with Crippen LogP contribution in [0.3, 0.4) is 0 Å². The van der Waals surface area contributed by atoms with Gasteiger partial charge in [0.2, 0.25) is 0 Å². The Morgan fingerprint density at radius 2 is 1.96 bits per heavy atom. The lowest BCUT2D eigenvalue weighted by Crippen LogP contribution is -2.15. The average molecular weight is 406 g/mol. The summed E-state index contributed by atoms with van der Waals surface area (Å²) in [7, 11) is 0. The smallest absolute Gasteiger partial charge is 0.284 e. The van der Waals surface area contributed by atoms with E-state index in [0.717, 1.165) is 21.9 Å². The van der Waals surface area contributed by atoms with E-state index < -0.39 is 22.4 Å². The van der Waals surface area contributed by atoms with Gasteiger partial charge in [-0.3, -0.25) is 20.0 Å². The Labute approximate surface area is 157 Å². The van der Waals surface area contributed by atoms with Gasteiger partial charge in [-0.25, -0.2) is 9.50 Å². The van der Waals surface area contributed by atoms with E-state index in [4.69, 9.17) is 0 Å². The molecule has 1 aromatic carbocycles. The van der Waals surface area contributed by atoms with Crippen molar-refractivity contribution in [3.63, 3.8) is 0 Å². The Kier molecular flexibility index (Phi) is 4.03. The Hall–Kier alpha value is -3.47. The first-order chi connectivity index (χ1) is 13.3. The number of nitro benzene ring substituents is 1. The summed E-state index contributed by atoms with van der Waals surface area (Å²) in [4.78, 5) is 27.3. The van der Waals surface area contributed by atoms with Crippen LogP contribution in [-0.4, -0.2) is 19.5 Å². The van der Waals surface area contributed by atoms with Crippen LogP contribution in [0.1, 0.15) is 5.69 Å². The van der Waals surface area contributed by atoms with Crippen molar-refractivity contribution in [2.24, 2.45) is 0 Å². The molecule has 0 saturated heterocycles. The van der Waals surface area contributed by atoms with Crippen LogP contribution in [0.4, 0.5) is 18.9 Å². The number of aromatic nitrogens is 3. The van der Waals surface area contributed by atoms with E-state index in [2.05, 4.69) is 10.1 Å². The third kappa shape index (κ3) is 2.95. The van der Waals surface area contributed by atoms with Crippen LogP contribution in [0.5, 0.6) is 0 Å². The summed E-state index contributed by atoms with van der Waals surface area (Å²) in [5.74, 6) is 0. The average Bonchev–Trinajstić information content (AvgIpc) is 3.28. The summed E-state index contributed by atoms with van der Waals surface area (Å²) in [6.45, 7) is 0. The number of fused-ring (bicyclic) bond motifs is 1. The largest absolute Gasteiger partial charge is 0.433 e. The third-order valence-electron chi connectivity index (χ3n) is 4.02. The van der Waals surface area contributed by atoms with Crippen LogP contribution >= 0.6 is 11.3 Å². The molecule has 0 aliphatic heterocycles. The minimum atomic E-state index is -4.73. The standard InChI is InChI=1S/C17H9F3N4O3S/c18-17(19,20)15-14(12-5-2-6-28-12)16-21-11(8-13(25)23(16)22-15)9-3-1-4-10(7-9)24(26)27/h1-8,22H. The minimum Gasteiger partial charge on any atom is -0.284 e. The monoisotopic (exact) mass is 406 g/mol. The van der Waals surface area contributed by atoms with Gasteiger partial charge in [-0.1, -0.05) is 18.2 Å². The van der Waals surface area contributed by atoms with Crippen LogP contribution in [0.25, 0.3) is 27.3 Å². The Bertz CT molecular complexity index is 1260. The number of hydrogen-bond donors (Lipinski definition) is 1. The number of nitrogens with one attached hydrogen (secondary N) is 1. The van der Waals surface area contributed by atoms with Crippen LogP contribution in [0, 0.1) is 10.1 Å². The number of hydrogen-bond acceptors (Lipinski definition) is 5. The lowest BCUT2D eigenvalue weighted by atomic mass is 10.1. The van der Waals surface area contributed by atoms with E-state index >= 15 is 0 Å². The van der Waals surface area contributed by atoms with Gasteiger partial charge in [-0.05, 0) is 11.4 Å². The summed E-state index contributed by atoms with van der Waals surface area (Å²) >= 11 is 1.07. The molecule has 0 aliphatic rings. The molecule has 0 fully saturated rings. The van der Waals surface area contributed by atoms with Crippen molar-refractivity contribution in [3.8, 4) is 21.7 Å². The first-order valence-corrected chi connectivity index (χ1v) is 8.65. The maximum atomic E-state index is 13.5. The molecule has 3 aromatic heterocycles. The molecule has 0 atom stereocenters. The summed E-state index contributed by atoms with van der Waals surface area (Å²) in [6.07, 6.45) is -4.73. The Morgan fingerprint density at radius 1 is 1.18 bits per heavy atom.